The number of carbonyl (C=O) groups excluding carboxylic acids is 1. The van der Waals surface area contributed by atoms with E-state index in [9.17, 15) is 4.79 Å². The van der Waals surface area contributed by atoms with E-state index in [-0.39, 0.29) is 17.4 Å². The van der Waals surface area contributed by atoms with Crippen molar-refractivity contribution in [3.05, 3.63) is 63.6 Å². The summed E-state index contributed by atoms with van der Waals surface area (Å²) >= 11 is 9.45. The first kappa shape index (κ1) is 20.3. The van der Waals surface area contributed by atoms with Crippen LogP contribution in [-0.2, 0) is 14.9 Å². The topological polar surface area (TPSA) is 50.4 Å². The molecule has 144 valence electrons. The Bertz CT molecular complexity index is 759. The maximum absolute atomic E-state index is 12.5. The number of carbonyl (C=O) groups is 1. The highest BCUT2D eigenvalue weighted by Crippen LogP contribution is 2.35. The van der Waals surface area contributed by atoms with Gasteiger partial charge in [0.25, 0.3) is 0 Å². The maximum Gasteiger partial charge on any atom is 0.241 e. The Morgan fingerprint density at radius 2 is 1.78 bits per heavy atom. The predicted octanol–water partition coefficient (Wildman–Crippen LogP) is 4.77. The zero-order valence-corrected chi connectivity index (χ0v) is 17.6. The van der Waals surface area contributed by atoms with Crippen LogP contribution in [0.5, 0.6) is 0 Å². The third kappa shape index (κ3) is 5.32. The first-order chi connectivity index (χ1) is 13.0. The van der Waals surface area contributed by atoms with Crippen LogP contribution in [0.15, 0.2) is 53.0 Å². The molecule has 3 rings (SSSR count). The van der Waals surface area contributed by atoms with E-state index in [1.165, 1.54) is 5.56 Å². The lowest BCUT2D eigenvalue weighted by Gasteiger charge is -2.38. The average molecular weight is 452 g/mol. The van der Waals surface area contributed by atoms with Gasteiger partial charge in [-0.2, -0.15) is 0 Å². The largest absolute Gasteiger partial charge is 0.381 e. The number of ether oxygens (including phenoxy) is 1. The molecule has 2 aromatic carbocycles. The first-order valence-electron chi connectivity index (χ1n) is 9.12. The van der Waals surface area contributed by atoms with E-state index in [1.807, 2.05) is 43.3 Å². The second-order valence-electron chi connectivity index (χ2n) is 7.00. The van der Waals surface area contributed by atoms with E-state index in [0.29, 0.717) is 6.54 Å². The number of hydrogen-bond donors (Lipinski definition) is 2. The normalized spacial score (nSPS) is 17.3. The van der Waals surface area contributed by atoms with Crippen LogP contribution in [0.1, 0.15) is 25.3 Å². The van der Waals surface area contributed by atoms with Gasteiger partial charge in [0, 0.05) is 40.4 Å². The van der Waals surface area contributed by atoms with Gasteiger partial charge in [0.05, 0.1) is 6.04 Å². The van der Waals surface area contributed by atoms with Crippen molar-refractivity contribution in [3.63, 3.8) is 0 Å². The lowest BCUT2D eigenvalue weighted by molar-refractivity contribution is -0.117. The molecular formula is C21H24BrClN2O2. The van der Waals surface area contributed by atoms with Crippen LogP contribution in [0.4, 0.5) is 5.69 Å². The fourth-order valence-electron chi connectivity index (χ4n) is 3.36. The SMILES string of the molecule is CC(NCC1(c2ccc(Cl)cc2)CCOCC1)C(=O)Nc1ccc(Br)cc1. The number of hydrogen-bond acceptors (Lipinski definition) is 3. The van der Waals surface area contributed by atoms with Gasteiger partial charge in [0.2, 0.25) is 5.91 Å². The quantitative estimate of drug-likeness (QED) is 0.665. The number of amides is 1. The molecule has 0 aliphatic carbocycles. The van der Waals surface area contributed by atoms with Crippen molar-refractivity contribution in [1.29, 1.82) is 0 Å². The second-order valence-corrected chi connectivity index (χ2v) is 8.35. The lowest BCUT2D eigenvalue weighted by Crippen LogP contribution is -2.48. The number of rotatable bonds is 6. The minimum atomic E-state index is -0.305. The molecule has 2 aromatic rings. The van der Waals surface area contributed by atoms with Crippen LogP contribution < -0.4 is 10.6 Å². The summed E-state index contributed by atoms with van der Waals surface area (Å²) in [7, 11) is 0. The number of anilines is 1. The Morgan fingerprint density at radius 3 is 2.41 bits per heavy atom. The Kier molecular flexibility index (Phi) is 6.93. The molecule has 0 radical (unpaired) electrons. The molecule has 6 heteroatoms. The van der Waals surface area contributed by atoms with Gasteiger partial charge in [-0.05, 0) is 61.7 Å². The van der Waals surface area contributed by atoms with Gasteiger partial charge in [-0.3, -0.25) is 4.79 Å². The van der Waals surface area contributed by atoms with Crippen LogP contribution >= 0.6 is 27.5 Å². The number of benzene rings is 2. The van der Waals surface area contributed by atoms with Crippen molar-refractivity contribution in [3.8, 4) is 0 Å². The summed E-state index contributed by atoms with van der Waals surface area (Å²) in [6.07, 6.45) is 1.84. The highest BCUT2D eigenvalue weighted by molar-refractivity contribution is 9.10. The Labute approximate surface area is 173 Å². The fraction of sp³-hybridized carbons (Fsp3) is 0.381. The molecular weight excluding hydrogens is 428 g/mol. The summed E-state index contributed by atoms with van der Waals surface area (Å²) in [5.41, 5.74) is 1.98. The summed E-state index contributed by atoms with van der Waals surface area (Å²) < 4.78 is 6.56. The average Bonchev–Trinajstić information content (AvgIpc) is 2.69. The fourth-order valence-corrected chi connectivity index (χ4v) is 3.75. The molecule has 1 aliphatic heterocycles. The Morgan fingerprint density at radius 1 is 1.15 bits per heavy atom. The zero-order chi connectivity index (χ0) is 19.3. The van der Waals surface area contributed by atoms with Crippen LogP contribution in [0, 0.1) is 0 Å². The molecule has 0 saturated carbocycles. The summed E-state index contributed by atoms with van der Waals surface area (Å²) in [5, 5.41) is 7.11. The number of halogens is 2. The molecule has 1 unspecified atom stereocenters. The van der Waals surface area contributed by atoms with Gasteiger partial charge in [-0.25, -0.2) is 0 Å². The standard InChI is InChI=1S/C21H24BrClN2O2/c1-15(20(26)25-19-8-4-17(22)5-9-19)24-14-21(10-12-27-13-11-21)16-2-6-18(23)7-3-16/h2-9,15,24H,10-14H2,1H3,(H,25,26). The molecule has 0 bridgehead atoms. The molecule has 1 saturated heterocycles. The highest BCUT2D eigenvalue weighted by Gasteiger charge is 2.35. The third-order valence-electron chi connectivity index (χ3n) is 5.16. The third-order valence-corrected chi connectivity index (χ3v) is 5.94. The molecule has 2 N–H and O–H groups in total. The van der Waals surface area contributed by atoms with Gasteiger partial charge in [0.15, 0.2) is 0 Å². The van der Waals surface area contributed by atoms with Crippen molar-refractivity contribution in [2.45, 2.75) is 31.2 Å². The minimum absolute atomic E-state index is 0.0457. The van der Waals surface area contributed by atoms with Gasteiger partial charge >= 0.3 is 0 Å². The van der Waals surface area contributed by atoms with E-state index in [1.54, 1.807) is 0 Å². The Hall–Kier alpha value is -1.40. The molecule has 0 spiro atoms. The zero-order valence-electron chi connectivity index (χ0n) is 15.3. The summed E-state index contributed by atoms with van der Waals surface area (Å²) in [6, 6.07) is 15.3. The first-order valence-corrected chi connectivity index (χ1v) is 10.3. The van der Waals surface area contributed by atoms with E-state index < -0.39 is 0 Å². The minimum Gasteiger partial charge on any atom is -0.381 e. The number of nitrogens with one attached hydrogen (secondary N) is 2. The Balaban J connectivity index is 1.64. The molecule has 1 amide bonds. The van der Waals surface area contributed by atoms with Crippen LogP contribution in [0.2, 0.25) is 5.02 Å². The predicted molar refractivity (Wildman–Crippen MR) is 113 cm³/mol. The second kappa shape index (κ2) is 9.20. The lowest BCUT2D eigenvalue weighted by atomic mass is 9.74. The smallest absolute Gasteiger partial charge is 0.241 e. The van der Waals surface area contributed by atoms with Gasteiger partial charge in [0.1, 0.15) is 0 Å². The molecule has 1 atom stereocenters. The van der Waals surface area contributed by atoms with Crippen LogP contribution in [-0.4, -0.2) is 31.7 Å². The van der Waals surface area contributed by atoms with Gasteiger partial charge in [-0.1, -0.05) is 39.7 Å². The van der Waals surface area contributed by atoms with Crippen LogP contribution in [0.25, 0.3) is 0 Å². The van der Waals surface area contributed by atoms with Crippen molar-refractivity contribution in [2.24, 2.45) is 0 Å². The van der Waals surface area contributed by atoms with Crippen molar-refractivity contribution in [1.82, 2.24) is 5.32 Å². The van der Waals surface area contributed by atoms with Gasteiger partial charge in [-0.15, -0.1) is 0 Å². The summed E-state index contributed by atoms with van der Waals surface area (Å²) in [4.78, 5) is 12.5. The molecule has 4 nitrogen and oxygen atoms in total. The molecule has 27 heavy (non-hydrogen) atoms. The maximum atomic E-state index is 12.5. The van der Waals surface area contributed by atoms with E-state index in [2.05, 4.69) is 38.7 Å². The van der Waals surface area contributed by atoms with E-state index >= 15 is 0 Å². The molecule has 1 heterocycles. The molecule has 1 aliphatic rings. The monoisotopic (exact) mass is 450 g/mol. The van der Waals surface area contributed by atoms with E-state index in [4.69, 9.17) is 16.3 Å². The van der Waals surface area contributed by atoms with Crippen molar-refractivity contribution in [2.75, 3.05) is 25.1 Å². The van der Waals surface area contributed by atoms with Crippen molar-refractivity contribution >= 4 is 39.1 Å². The van der Waals surface area contributed by atoms with Gasteiger partial charge < -0.3 is 15.4 Å². The molecule has 1 fully saturated rings. The highest BCUT2D eigenvalue weighted by atomic mass is 79.9. The van der Waals surface area contributed by atoms with E-state index in [0.717, 1.165) is 41.2 Å². The summed E-state index contributed by atoms with van der Waals surface area (Å²) in [5.74, 6) is -0.0457. The molecule has 0 aromatic heterocycles. The summed E-state index contributed by atoms with van der Waals surface area (Å²) in [6.45, 7) is 4.06. The van der Waals surface area contributed by atoms with Crippen molar-refractivity contribution < 1.29 is 9.53 Å². The van der Waals surface area contributed by atoms with Crippen LogP contribution in [0.3, 0.4) is 0 Å².